The number of aliphatic imine (C=N–C) groups is 1. The van der Waals surface area contributed by atoms with E-state index >= 15 is 0 Å². The van der Waals surface area contributed by atoms with Gasteiger partial charge in [0, 0.05) is 38.4 Å². The van der Waals surface area contributed by atoms with E-state index in [0.29, 0.717) is 49.0 Å². The standard InChI is InChI=1S/C25H23ClN4O3/c1-16-5-8-20-22(14-16)33-21-15-17(32-2)6-7-18(21)24(28-20)29-10-12-30(13-11-29)25(31)19-4-3-9-27-23(19)26/h3-9,14-15H,10-13H2,1-2H3. The minimum absolute atomic E-state index is 0.107. The molecule has 8 heteroatoms. The van der Waals surface area contributed by atoms with Gasteiger partial charge in [-0.3, -0.25) is 4.79 Å². The minimum atomic E-state index is -0.107. The molecule has 0 spiro atoms. The number of fused-ring (bicyclic) bond motifs is 2. The van der Waals surface area contributed by atoms with E-state index in [9.17, 15) is 4.79 Å². The van der Waals surface area contributed by atoms with Gasteiger partial charge in [-0.05, 0) is 48.9 Å². The maximum atomic E-state index is 12.9. The van der Waals surface area contributed by atoms with Crippen molar-refractivity contribution in [3.63, 3.8) is 0 Å². The zero-order valence-electron chi connectivity index (χ0n) is 18.4. The van der Waals surface area contributed by atoms with E-state index < -0.39 is 0 Å². The van der Waals surface area contributed by atoms with E-state index in [4.69, 9.17) is 26.1 Å². The average molecular weight is 463 g/mol. The minimum Gasteiger partial charge on any atom is -0.497 e. The smallest absolute Gasteiger partial charge is 0.257 e. The molecule has 1 aromatic heterocycles. The zero-order chi connectivity index (χ0) is 22.9. The molecule has 168 valence electrons. The predicted molar refractivity (Wildman–Crippen MR) is 127 cm³/mol. The van der Waals surface area contributed by atoms with Crippen LogP contribution in [0.2, 0.25) is 5.15 Å². The molecule has 0 unspecified atom stereocenters. The normalized spacial score (nSPS) is 15.1. The van der Waals surface area contributed by atoms with Gasteiger partial charge < -0.3 is 19.3 Å². The van der Waals surface area contributed by atoms with Crippen LogP contribution in [0.25, 0.3) is 0 Å². The molecule has 0 atom stereocenters. The monoisotopic (exact) mass is 462 g/mol. The molecule has 7 nitrogen and oxygen atoms in total. The summed E-state index contributed by atoms with van der Waals surface area (Å²) in [4.78, 5) is 25.9. The molecule has 0 N–H and O–H groups in total. The van der Waals surface area contributed by atoms with Gasteiger partial charge in [-0.1, -0.05) is 17.7 Å². The van der Waals surface area contributed by atoms with Crippen molar-refractivity contribution in [3.05, 3.63) is 76.6 Å². The van der Waals surface area contributed by atoms with E-state index in [1.165, 1.54) is 0 Å². The number of piperazine rings is 1. The number of amidine groups is 1. The number of amides is 1. The number of nitrogens with zero attached hydrogens (tertiary/aromatic N) is 4. The summed E-state index contributed by atoms with van der Waals surface area (Å²) in [6.45, 7) is 4.40. The Balaban J connectivity index is 1.44. The number of benzene rings is 2. The first-order chi connectivity index (χ1) is 16.0. The van der Waals surface area contributed by atoms with Crippen molar-refractivity contribution in [1.29, 1.82) is 0 Å². The summed E-state index contributed by atoms with van der Waals surface area (Å²) in [7, 11) is 1.64. The van der Waals surface area contributed by atoms with Gasteiger partial charge >= 0.3 is 0 Å². The topological polar surface area (TPSA) is 67.3 Å². The van der Waals surface area contributed by atoms with Crippen LogP contribution in [0.3, 0.4) is 0 Å². The van der Waals surface area contributed by atoms with Crippen molar-refractivity contribution < 1.29 is 14.3 Å². The van der Waals surface area contributed by atoms with Gasteiger partial charge in [0.2, 0.25) is 0 Å². The van der Waals surface area contributed by atoms with Crippen LogP contribution in [0.1, 0.15) is 21.5 Å². The highest BCUT2D eigenvalue weighted by Crippen LogP contribution is 2.40. The second-order valence-electron chi connectivity index (χ2n) is 7.99. The van der Waals surface area contributed by atoms with Crippen LogP contribution >= 0.6 is 11.6 Å². The Hall–Kier alpha value is -3.58. The molecule has 3 aromatic rings. The molecular weight excluding hydrogens is 440 g/mol. The molecule has 2 aliphatic rings. The SMILES string of the molecule is COc1ccc2c(c1)Oc1cc(C)ccc1N=C2N1CCN(C(=O)c2cccnc2Cl)CC1. The Morgan fingerprint density at radius 2 is 1.88 bits per heavy atom. The molecule has 1 fully saturated rings. The second kappa shape index (κ2) is 8.75. The fraction of sp³-hybridized carbons (Fsp3) is 0.240. The van der Waals surface area contributed by atoms with Crippen molar-refractivity contribution in [3.8, 4) is 17.2 Å². The quantitative estimate of drug-likeness (QED) is 0.517. The summed E-state index contributed by atoms with van der Waals surface area (Å²) in [5.74, 6) is 2.83. The summed E-state index contributed by atoms with van der Waals surface area (Å²) >= 11 is 6.13. The van der Waals surface area contributed by atoms with Crippen LogP contribution in [-0.4, -0.2) is 59.8 Å². The van der Waals surface area contributed by atoms with Gasteiger partial charge in [0.05, 0.1) is 18.2 Å². The van der Waals surface area contributed by atoms with Gasteiger partial charge in [0.25, 0.3) is 5.91 Å². The average Bonchev–Trinajstić information content (AvgIpc) is 2.99. The van der Waals surface area contributed by atoms with Crippen molar-refractivity contribution in [2.75, 3.05) is 33.3 Å². The molecule has 1 amide bonds. The number of methoxy groups -OCH3 is 1. The van der Waals surface area contributed by atoms with Crippen molar-refractivity contribution >= 4 is 29.0 Å². The van der Waals surface area contributed by atoms with Crippen LogP contribution in [0, 0.1) is 6.92 Å². The number of hydrogen-bond acceptors (Lipinski definition) is 6. The summed E-state index contributed by atoms with van der Waals surface area (Å²) in [5, 5.41) is 0.227. The third-order valence-electron chi connectivity index (χ3n) is 5.85. The van der Waals surface area contributed by atoms with E-state index in [-0.39, 0.29) is 11.1 Å². The summed E-state index contributed by atoms with van der Waals surface area (Å²) in [5.41, 5.74) is 3.18. The Bertz CT molecular complexity index is 1250. The van der Waals surface area contributed by atoms with Gasteiger partial charge in [0.15, 0.2) is 5.75 Å². The largest absolute Gasteiger partial charge is 0.497 e. The molecule has 0 radical (unpaired) electrons. The fourth-order valence-electron chi connectivity index (χ4n) is 4.07. The maximum absolute atomic E-state index is 12.9. The lowest BCUT2D eigenvalue weighted by Crippen LogP contribution is -2.50. The number of halogens is 1. The van der Waals surface area contributed by atoms with E-state index in [1.54, 1.807) is 30.3 Å². The number of ether oxygens (including phenoxy) is 2. The van der Waals surface area contributed by atoms with Crippen LogP contribution < -0.4 is 9.47 Å². The number of pyridine rings is 1. The van der Waals surface area contributed by atoms with Crippen LogP contribution in [0.4, 0.5) is 5.69 Å². The predicted octanol–water partition coefficient (Wildman–Crippen LogP) is 4.69. The third kappa shape index (κ3) is 4.12. The number of aromatic nitrogens is 1. The molecule has 2 aliphatic heterocycles. The lowest BCUT2D eigenvalue weighted by Gasteiger charge is -2.36. The van der Waals surface area contributed by atoms with Crippen LogP contribution in [-0.2, 0) is 0 Å². The maximum Gasteiger partial charge on any atom is 0.257 e. The number of carbonyl (C=O) groups excluding carboxylic acids is 1. The summed E-state index contributed by atoms with van der Waals surface area (Å²) in [6, 6.07) is 15.2. The molecule has 2 aromatic carbocycles. The lowest BCUT2D eigenvalue weighted by molar-refractivity contribution is 0.0692. The first kappa shape index (κ1) is 21.3. The highest BCUT2D eigenvalue weighted by atomic mass is 35.5. The number of aryl methyl sites for hydroxylation is 1. The van der Waals surface area contributed by atoms with Crippen molar-refractivity contribution in [2.45, 2.75) is 6.92 Å². The van der Waals surface area contributed by atoms with Crippen molar-refractivity contribution in [2.24, 2.45) is 4.99 Å². The Labute approximate surface area is 197 Å². The van der Waals surface area contributed by atoms with E-state index in [2.05, 4.69) is 9.88 Å². The number of hydrogen-bond donors (Lipinski definition) is 0. The lowest BCUT2D eigenvalue weighted by atomic mass is 10.1. The van der Waals surface area contributed by atoms with Gasteiger partial charge in [-0.15, -0.1) is 0 Å². The van der Waals surface area contributed by atoms with Gasteiger partial charge in [-0.2, -0.15) is 0 Å². The Morgan fingerprint density at radius 1 is 1.06 bits per heavy atom. The van der Waals surface area contributed by atoms with E-state index in [1.807, 2.05) is 43.3 Å². The number of rotatable bonds is 2. The van der Waals surface area contributed by atoms with Gasteiger partial charge in [-0.25, -0.2) is 9.98 Å². The second-order valence-corrected chi connectivity index (χ2v) is 8.35. The molecule has 3 heterocycles. The molecule has 33 heavy (non-hydrogen) atoms. The zero-order valence-corrected chi connectivity index (χ0v) is 19.2. The Kier molecular flexibility index (Phi) is 5.64. The molecule has 1 saturated heterocycles. The highest BCUT2D eigenvalue weighted by molar-refractivity contribution is 6.32. The molecular formula is C25H23ClN4O3. The first-order valence-electron chi connectivity index (χ1n) is 10.7. The Morgan fingerprint density at radius 3 is 2.64 bits per heavy atom. The molecule has 0 saturated carbocycles. The van der Waals surface area contributed by atoms with Crippen LogP contribution in [0.5, 0.6) is 17.2 Å². The van der Waals surface area contributed by atoms with Gasteiger partial charge in [0.1, 0.15) is 28.2 Å². The third-order valence-corrected chi connectivity index (χ3v) is 6.15. The summed E-state index contributed by atoms with van der Waals surface area (Å²) < 4.78 is 11.7. The first-order valence-corrected chi connectivity index (χ1v) is 11.1. The van der Waals surface area contributed by atoms with Crippen LogP contribution in [0.15, 0.2) is 59.7 Å². The molecule has 0 bridgehead atoms. The molecule has 5 rings (SSSR count). The molecule has 0 aliphatic carbocycles. The van der Waals surface area contributed by atoms with E-state index in [0.717, 1.165) is 22.6 Å². The fourth-order valence-corrected chi connectivity index (χ4v) is 4.27. The number of carbonyl (C=O) groups is 1. The van der Waals surface area contributed by atoms with Crippen molar-refractivity contribution in [1.82, 2.24) is 14.8 Å². The summed E-state index contributed by atoms with van der Waals surface area (Å²) in [6.07, 6.45) is 1.58. The highest BCUT2D eigenvalue weighted by Gasteiger charge is 2.29.